The second-order valence-electron chi connectivity index (χ2n) is 3.38. The maximum Gasteiger partial charge on any atom is 0.151 e. The molecular formula is C11H11BrFN3S. The predicted octanol–water partition coefficient (Wildman–Crippen LogP) is 3.22. The van der Waals surface area contributed by atoms with Crippen molar-refractivity contribution in [3.63, 3.8) is 0 Å². The molecule has 0 atom stereocenters. The Bertz CT molecular complexity index is 495. The molecule has 3 nitrogen and oxygen atoms in total. The molecule has 0 radical (unpaired) electrons. The van der Waals surface area contributed by atoms with E-state index in [0.29, 0.717) is 21.6 Å². The van der Waals surface area contributed by atoms with E-state index in [-0.39, 0.29) is 5.82 Å². The molecule has 6 heteroatoms. The smallest absolute Gasteiger partial charge is 0.151 e. The van der Waals surface area contributed by atoms with Gasteiger partial charge >= 0.3 is 0 Å². The fourth-order valence-corrected chi connectivity index (χ4v) is 2.89. The van der Waals surface area contributed by atoms with Gasteiger partial charge < -0.3 is 5.32 Å². The SMILES string of the molecule is CCNCc1nnc(-c2c(F)cccc2Br)s1. The van der Waals surface area contributed by atoms with Gasteiger partial charge in [0.05, 0.1) is 5.56 Å². The molecule has 1 heterocycles. The molecule has 0 spiro atoms. The largest absolute Gasteiger partial charge is 0.311 e. The molecule has 0 aliphatic rings. The van der Waals surface area contributed by atoms with Gasteiger partial charge in [0, 0.05) is 11.0 Å². The van der Waals surface area contributed by atoms with Crippen molar-refractivity contribution in [1.29, 1.82) is 0 Å². The van der Waals surface area contributed by atoms with Gasteiger partial charge in [0.15, 0.2) is 5.01 Å². The Morgan fingerprint density at radius 3 is 2.94 bits per heavy atom. The van der Waals surface area contributed by atoms with Crippen molar-refractivity contribution < 1.29 is 4.39 Å². The topological polar surface area (TPSA) is 37.8 Å². The third-order valence-corrected chi connectivity index (χ3v) is 3.77. The first-order chi connectivity index (χ1) is 8.22. The number of hydrogen-bond acceptors (Lipinski definition) is 4. The third kappa shape index (κ3) is 2.88. The van der Waals surface area contributed by atoms with E-state index in [1.54, 1.807) is 12.1 Å². The fraction of sp³-hybridized carbons (Fsp3) is 0.273. The van der Waals surface area contributed by atoms with E-state index in [0.717, 1.165) is 11.6 Å². The molecule has 0 unspecified atom stereocenters. The first-order valence-electron chi connectivity index (χ1n) is 5.20. The molecule has 0 fully saturated rings. The Balaban J connectivity index is 2.30. The predicted molar refractivity (Wildman–Crippen MR) is 70.4 cm³/mol. The summed E-state index contributed by atoms with van der Waals surface area (Å²) in [6.07, 6.45) is 0. The summed E-state index contributed by atoms with van der Waals surface area (Å²) in [6.45, 7) is 3.56. The molecule has 0 bridgehead atoms. The van der Waals surface area contributed by atoms with Crippen LogP contribution >= 0.6 is 27.3 Å². The molecule has 17 heavy (non-hydrogen) atoms. The van der Waals surface area contributed by atoms with Crippen LogP contribution in [0.5, 0.6) is 0 Å². The Hall–Kier alpha value is -0.850. The molecular weight excluding hydrogens is 305 g/mol. The van der Waals surface area contributed by atoms with Crippen molar-refractivity contribution in [2.45, 2.75) is 13.5 Å². The van der Waals surface area contributed by atoms with Gasteiger partial charge in [-0.25, -0.2) is 4.39 Å². The Kier molecular flexibility index (Phi) is 4.20. The Morgan fingerprint density at radius 1 is 1.41 bits per heavy atom. The van der Waals surface area contributed by atoms with Gasteiger partial charge in [0.25, 0.3) is 0 Å². The van der Waals surface area contributed by atoms with E-state index >= 15 is 0 Å². The van der Waals surface area contributed by atoms with Crippen molar-refractivity contribution in [3.05, 3.63) is 33.5 Å². The summed E-state index contributed by atoms with van der Waals surface area (Å²) in [7, 11) is 0. The van der Waals surface area contributed by atoms with Gasteiger partial charge in [-0.1, -0.05) is 24.3 Å². The van der Waals surface area contributed by atoms with Crippen LogP contribution in [0, 0.1) is 5.82 Å². The van der Waals surface area contributed by atoms with Gasteiger partial charge in [-0.3, -0.25) is 0 Å². The van der Waals surface area contributed by atoms with Crippen LogP contribution in [0.4, 0.5) is 4.39 Å². The van der Waals surface area contributed by atoms with Crippen molar-refractivity contribution in [2.24, 2.45) is 0 Å². The number of rotatable bonds is 4. The molecule has 2 aromatic rings. The molecule has 1 aromatic carbocycles. The molecule has 2 rings (SSSR count). The van der Waals surface area contributed by atoms with Crippen LogP contribution in [0.3, 0.4) is 0 Å². The van der Waals surface area contributed by atoms with Crippen molar-refractivity contribution in [2.75, 3.05) is 6.54 Å². The summed E-state index contributed by atoms with van der Waals surface area (Å²) in [6, 6.07) is 4.87. The van der Waals surface area contributed by atoms with Gasteiger partial charge in [0.2, 0.25) is 0 Å². The van der Waals surface area contributed by atoms with Crippen LogP contribution in [0.15, 0.2) is 22.7 Å². The van der Waals surface area contributed by atoms with E-state index in [1.807, 2.05) is 6.92 Å². The van der Waals surface area contributed by atoms with Gasteiger partial charge in [-0.05, 0) is 34.6 Å². The lowest BCUT2D eigenvalue weighted by molar-refractivity contribution is 0.630. The first kappa shape index (κ1) is 12.6. The number of halogens is 2. The summed E-state index contributed by atoms with van der Waals surface area (Å²) in [5, 5.41) is 12.7. The van der Waals surface area contributed by atoms with E-state index in [9.17, 15) is 4.39 Å². The Morgan fingerprint density at radius 2 is 2.24 bits per heavy atom. The quantitative estimate of drug-likeness (QED) is 0.941. The number of aromatic nitrogens is 2. The van der Waals surface area contributed by atoms with Crippen molar-refractivity contribution >= 4 is 27.3 Å². The average Bonchev–Trinajstić information content (AvgIpc) is 2.75. The van der Waals surface area contributed by atoms with E-state index < -0.39 is 0 Å². The maximum absolute atomic E-state index is 13.7. The zero-order valence-electron chi connectivity index (χ0n) is 9.20. The van der Waals surface area contributed by atoms with Crippen LogP contribution in [-0.4, -0.2) is 16.7 Å². The molecule has 1 N–H and O–H groups in total. The van der Waals surface area contributed by atoms with E-state index in [1.165, 1.54) is 17.4 Å². The number of benzene rings is 1. The zero-order valence-corrected chi connectivity index (χ0v) is 11.6. The minimum atomic E-state index is -0.287. The van der Waals surface area contributed by atoms with Crippen LogP contribution in [0.2, 0.25) is 0 Å². The molecule has 0 saturated heterocycles. The van der Waals surface area contributed by atoms with Gasteiger partial charge in [-0.2, -0.15) is 0 Å². The van der Waals surface area contributed by atoms with Crippen LogP contribution in [0.1, 0.15) is 11.9 Å². The number of nitrogens with zero attached hydrogens (tertiary/aromatic N) is 2. The molecule has 1 aromatic heterocycles. The summed E-state index contributed by atoms with van der Waals surface area (Å²) >= 11 is 4.73. The highest BCUT2D eigenvalue weighted by Crippen LogP contribution is 2.32. The molecule has 90 valence electrons. The lowest BCUT2D eigenvalue weighted by Gasteiger charge is -2.00. The maximum atomic E-state index is 13.7. The van der Waals surface area contributed by atoms with Gasteiger partial charge in [0.1, 0.15) is 10.8 Å². The van der Waals surface area contributed by atoms with E-state index in [4.69, 9.17) is 0 Å². The second-order valence-corrected chi connectivity index (χ2v) is 5.29. The molecule has 0 amide bonds. The van der Waals surface area contributed by atoms with E-state index in [2.05, 4.69) is 31.4 Å². The van der Waals surface area contributed by atoms with Crippen LogP contribution in [0.25, 0.3) is 10.6 Å². The van der Waals surface area contributed by atoms with Crippen molar-refractivity contribution in [1.82, 2.24) is 15.5 Å². The molecule has 0 aliphatic carbocycles. The summed E-state index contributed by atoms with van der Waals surface area (Å²) in [5.74, 6) is -0.287. The monoisotopic (exact) mass is 315 g/mol. The highest BCUT2D eigenvalue weighted by atomic mass is 79.9. The molecule has 0 aliphatic heterocycles. The minimum Gasteiger partial charge on any atom is -0.311 e. The van der Waals surface area contributed by atoms with Crippen LogP contribution < -0.4 is 5.32 Å². The Labute approximate surface area is 111 Å². The zero-order chi connectivity index (χ0) is 12.3. The van der Waals surface area contributed by atoms with Crippen LogP contribution in [-0.2, 0) is 6.54 Å². The lowest BCUT2D eigenvalue weighted by Crippen LogP contribution is -2.11. The number of hydrogen-bond donors (Lipinski definition) is 1. The lowest BCUT2D eigenvalue weighted by atomic mass is 10.2. The fourth-order valence-electron chi connectivity index (χ4n) is 1.36. The standard InChI is InChI=1S/C11H11BrFN3S/c1-2-14-6-9-15-16-11(17-9)10-7(12)4-3-5-8(10)13/h3-5,14H,2,6H2,1H3. The summed E-state index contributed by atoms with van der Waals surface area (Å²) < 4.78 is 14.4. The number of nitrogens with one attached hydrogen (secondary N) is 1. The normalized spacial score (nSPS) is 10.8. The highest BCUT2D eigenvalue weighted by molar-refractivity contribution is 9.10. The van der Waals surface area contributed by atoms with Crippen molar-refractivity contribution in [3.8, 4) is 10.6 Å². The minimum absolute atomic E-state index is 0.287. The highest BCUT2D eigenvalue weighted by Gasteiger charge is 2.14. The average molecular weight is 316 g/mol. The molecule has 0 saturated carbocycles. The summed E-state index contributed by atoms with van der Waals surface area (Å²) in [4.78, 5) is 0. The second kappa shape index (κ2) is 5.66. The van der Waals surface area contributed by atoms with Gasteiger partial charge in [-0.15, -0.1) is 10.2 Å². The first-order valence-corrected chi connectivity index (χ1v) is 6.80. The summed E-state index contributed by atoms with van der Waals surface area (Å²) in [5.41, 5.74) is 0.479. The third-order valence-electron chi connectivity index (χ3n) is 2.17.